The molecule has 2 rings (SSSR count). The molecule has 0 unspecified atom stereocenters. The molecule has 2 heteroatoms. The molecule has 2 atom stereocenters. The molecule has 0 saturated carbocycles. The second-order valence-corrected chi connectivity index (χ2v) is 6.37. The van der Waals surface area contributed by atoms with E-state index in [0.29, 0.717) is 13.0 Å². The minimum absolute atomic E-state index is 0.0162. The van der Waals surface area contributed by atoms with Crippen LogP contribution in [0.25, 0.3) is 0 Å². The predicted molar refractivity (Wildman–Crippen MR) is 61.6 cm³/mol. The number of fused-ring (bicyclic) bond motifs is 1. The molecule has 0 radical (unpaired) electrons. The number of hydrogen-bond donors (Lipinski definition) is 0. The fourth-order valence-electron chi connectivity index (χ4n) is 3.34. The Hall–Kier alpha value is -0.370. The van der Waals surface area contributed by atoms with E-state index in [1.807, 2.05) is 0 Å². The topological polar surface area (TPSA) is 3.24 Å². The van der Waals surface area contributed by atoms with Crippen molar-refractivity contribution in [3.05, 3.63) is 12.2 Å². The van der Waals surface area contributed by atoms with Crippen LogP contribution in [0.1, 0.15) is 40.0 Å². The monoisotopic (exact) mass is 211 g/mol. The molecule has 0 spiro atoms. The fourth-order valence-corrected chi connectivity index (χ4v) is 3.34. The Morgan fingerprint density at radius 2 is 2.20 bits per heavy atom. The summed E-state index contributed by atoms with van der Waals surface area (Å²) in [7, 11) is 0. The van der Waals surface area contributed by atoms with Gasteiger partial charge >= 0.3 is 0 Å². The van der Waals surface area contributed by atoms with Crippen LogP contribution < -0.4 is 0 Å². The lowest BCUT2D eigenvalue weighted by molar-refractivity contribution is 0.155. The van der Waals surface area contributed by atoms with Gasteiger partial charge in [0.15, 0.2) is 0 Å². The van der Waals surface area contributed by atoms with E-state index in [0.717, 1.165) is 19.4 Å². The van der Waals surface area contributed by atoms with Crippen molar-refractivity contribution in [3.63, 3.8) is 0 Å². The molecular formula is C13H22FN. The molecule has 0 bridgehead atoms. The van der Waals surface area contributed by atoms with Gasteiger partial charge in [-0.05, 0) is 18.3 Å². The molecule has 1 nitrogen and oxygen atoms in total. The van der Waals surface area contributed by atoms with Crippen molar-refractivity contribution in [2.24, 2.45) is 5.41 Å². The molecule has 0 aromatic heterocycles. The number of halogens is 1. The number of alkyl halides is 1. The molecule has 2 aliphatic rings. The van der Waals surface area contributed by atoms with Gasteiger partial charge in [-0.25, -0.2) is 4.39 Å². The van der Waals surface area contributed by atoms with Gasteiger partial charge in [0, 0.05) is 25.0 Å². The maximum absolute atomic E-state index is 13.6. The van der Waals surface area contributed by atoms with Crippen LogP contribution in [0.3, 0.4) is 0 Å². The molecule has 15 heavy (non-hydrogen) atoms. The van der Waals surface area contributed by atoms with E-state index in [9.17, 15) is 4.39 Å². The molecule has 2 saturated heterocycles. The van der Waals surface area contributed by atoms with E-state index in [1.54, 1.807) is 0 Å². The minimum atomic E-state index is -0.649. The lowest BCUT2D eigenvalue weighted by atomic mass is 9.75. The second-order valence-electron chi connectivity index (χ2n) is 6.37. The Morgan fingerprint density at radius 3 is 2.80 bits per heavy atom. The van der Waals surface area contributed by atoms with Crippen LogP contribution >= 0.6 is 0 Å². The molecule has 0 aromatic carbocycles. The fraction of sp³-hybridized carbons (Fsp3) is 0.846. The van der Waals surface area contributed by atoms with Gasteiger partial charge in [-0.1, -0.05) is 32.9 Å². The first-order chi connectivity index (χ1) is 6.83. The van der Waals surface area contributed by atoms with Crippen molar-refractivity contribution in [1.82, 2.24) is 4.90 Å². The van der Waals surface area contributed by atoms with Gasteiger partial charge in [-0.15, -0.1) is 0 Å². The summed E-state index contributed by atoms with van der Waals surface area (Å²) in [6.45, 7) is 12.5. The lowest BCUT2D eigenvalue weighted by Gasteiger charge is -2.38. The molecule has 2 fully saturated rings. The van der Waals surface area contributed by atoms with E-state index < -0.39 is 6.17 Å². The van der Waals surface area contributed by atoms with Crippen LogP contribution in [-0.4, -0.2) is 29.7 Å². The number of rotatable bonds is 1. The number of nitrogens with zero attached hydrogens (tertiary/aromatic N) is 1. The standard InChI is InChI=1S/C13H22FN/c1-10-5-6-15-8-11(14)7-13(10,15)9-12(2,3)4/h11H,1,5-9H2,2-4H3/t11-,13+/m0/s1. The Bertz CT molecular complexity index is 279. The summed E-state index contributed by atoms with van der Waals surface area (Å²) in [5, 5.41) is 0. The second kappa shape index (κ2) is 3.31. The van der Waals surface area contributed by atoms with Crippen LogP contribution in [0.4, 0.5) is 4.39 Å². The van der Waals surface area contributed by atoms with Crippen LogP contribution in [0, 0.1) is 5.41 Å². The summed E-state index contributed by atoms with van der Waals surface area (Å²) in [6.07, 6.45) is 2.12. The highest BCUT2D eigenvalue weighted by molar-refractivity contribution is 5.27. The van der Waals surface area contributed by atoms with Gasteiger partial charge in [0.05, 0.1) is 0 Å². The first kappa shape index (κ1) is 11.1. The van der Waals surface area contributed by atoms with Gasteiger partial charge < -0.3 is 0 Å². The molecule has 2 heterocycles. The average molecular weight is 211 g/mol. The first-order valence-electron chi connectivity index (χ1n) is 5.91. The summed E-state index contributed by atoms with van der Waals surface area (Å²) in [4.78, 5) is 2.32. The molecule has 2 aliphatic heterocycles. The molecule has 0 amide bonds. The third-order valence-electron chi connectivity index (χ3n) is 3.75. The third kappa shape index (κ3) is 1.84. The Labute approximate surface area is 92.3 Å². The quantitative estimate of drug-likeness (QED) is 0.602. The largest absolute Gasteiger partial charge is 0.291 e. The van der Waals surface area contributed by atoms with Crippen molar-refractivity contribution >= 4 is 0 Å². The van der Waals surface area contributed by atoms with E-state index in [2.05, 4.69) is 32.3 Å². The summed E-state index contributed by atoms with van der Waals surface area (Å²) < 4.78 is 13.6. The lowest BCUT2D eigenvalue weighted by Crippen LogP contribution is -2.42. The smallest absolute Gasteiger partial charge is 0.115 e. The van der Waals surface area contributed by atoms with Gasteiger partial charge in [-0.3, -0.25) is 4.90 Å². The van der Waals surface area contributed by atoms with Crippen LogP contribution in [0.5, 0.6) is 0 Å². The van der Waals surface area contributed by atoms with Gasteiger partial charge in [0.2, 0.25) is 0 Å². The van der Waals surface area contributed by atoms with Crippen LogP contribution in [0.15, 0.2) is 12.2 Å². The van der Waals surface area contributed by atoms with Gasteiger partial charge in [0.25, 0.3) is 0 Å². The highest BCUT2D eigenvalue weighted by atomic mass is 19.1. The van der Waals surface area contributed by atoms with E-state index in [1.165, 1.54) is 5.57 Å². The summed E-state index contributed by atoms with van der Waals surface area (Å²) in [6, 6.07) is 0. The summed E-state index contributed by atoms with van der Waals surface area (Å²) >= 11 is 0. The molecule has 0 aliphatic carbocycles. The van der Waals surface area contributed by atoms with Crippen molar-refractivity contribution in [2.75, 3.05) is 13.1 Å². The average Bonchev–Trinajstić information content (AvgIpc) is 2.47. The van der Waals surface area contributed by atoms with E-state index >= 15 is 0 Å². The predicted octanol–water partition coefficient (Wildman–Crippen LogP) is 3.17. The zero-order valence-electron chi connectivity index (χ0n) is 10.1. The minimum Gasteiger partial charge on any atom is -0.291 e. The highest BCUT2D eigenvalue weighted by Crippen LogP contribution is 2.48. The molecule has 86 valence electrons. The van der Waals surface area contributed by atoms with Crippen LogP contribution in [-0.2, 0) is 0 Å². The summed E-state index contributed by atoms with van der Waals surface area (Å²) in [5.41, 5.74) is 1.49. The normalized spacial score (nSPS) is 37.3. The molecule has 0 N–H and O–H groups in total. The maximum atomic E-state index is 13.6. The van der Waals surface area contributed by atoms with Crippen LogP contribution in [0.2, 0.25) is 0 Å². The third-order valence-corrected chi connectivity index (χ3v) is 3.75. The number of hydrogen-bond acceptors (Lipinski definition) is 1. The molecule has 0 aromatic rings. The van der Waals surface area contributed by atoms with Crippen molar-refractivity contribution < 1.29 is 4.39 Å². The van der Waals surface area contributed by atoms with Crippen molar-refractivity contribution in [3.8, 4) is 0 Å². The Morgan fingerprint density at radius 1 is 1.53 bits per heavy atom. The zero-order chi connectivity index (χ0) is 11.3. The summed E-state index contributed by atoms with van der Waals surface area (Å²) in [5.74, 6) is 0. The van der Waals surface area contributed by atoms with E-state index in [-0.39, 0.29) is 11.0 Å². The SMILES string of the molecule is C=C1CCN2C[C@@H](F)C[C@@]12CC(C)(C)C. The van der Waals surface area contributed by atoms with Crippen molar-refractivity contribution in [1.29, 1.82) is 0 Å². The van der Waals surface area contributed by atoms with Crippen molar-refractivity contribution in [2.45, 2.75) is 51.7 Å². The van der Waals surface area contributed by atoms with Gasteiger partial charge in [0.1, 0.15) is 6.17 Å². The molecular weight excluding hydrogens is 189 g/mol. The zero-order valence-corrected chi connectivity index (χ0v) is 10.1. The Balaban J connectivity index is 2.25. The first-order valence-corrected chi connectivity index (χ1v) is 5.91. The van der Waals surface area contributed by atoms with E-state index in [4.69, 9.17) is 0 Å². The Kier molecular flexibility index (Phi) is 2.45. The maximum Gasteiger partial charge on any atom is 0.115 e. The van der Waals surface area contributed by atoms with Gasteiger partial charge in [-0.2, -0.15) is 0 Å². The highest BCUT2D eigenvalue weighted by Gasteiger charge is 2.52.